The zero-order valence-electron chi connectivity index (χ0n) is 10.8. The molecule has 19 heavy (non-hydrogen) atoms. The molecule has 0 aliphatic rings. The Hall–Kier alpha value is -0.540. The van der Waals surface area contributed by atoms with E-state index in [0.717, 1.165) is 29.4 Å². The first kappa shape index (κ1) is 14.9. The SMILES string of the molecule is CCCNC(Cc1ccc(Cl)cc1)c1sccc1Cl. The standard InChI is InChI=1S/C15H17Cl2NS/c1-2-8-18-14(15-13(17)7-9-19-15)10-11-3-5-12(16)6-4-11/h3-7,9,14,18H,2,8,10H2,1H3. The third-order valence-electron chi connectivity index (χ3n) is 2.96. The molecule has 0 radical (unpaired) electrons. The summed E-state index contributed by atoms with van der Waals surface area (Å²) in [5.74, 6) is 0. The molecule has 0 amide bonds. The van der Waals surface area contributed by atoms with E-state index in [1.165, 1.54) is 10.4 Å². The third-order valence-corrected chi connectivity index (χ3v) is 4.68. The summed E-state index contributed by atoms with van der Waals surface area (Å²) in [6.45, 7) is 3.16. The summed E-state index contributed by atoms with van der Waals surface area (Å²) in [5.41, 5.74) is 1.27. The highest BCUT2D eigenvalue weighted by Gasteiger charge is 2.16. The Morgan fingerprint density at radius 3 is 2.47 bits per heavy atom. The molecule has 2 aromatic rings. The van der Waals surface area contributed by atoms with E-state index in [2.05, 4.69) is 24.4 Å². The van der Waals surface area contributed by atoms with Gasteiger partial charge < -0.3 is 5.32 Å². The summed E-state index contributed by atoms with van der Waals surface area (Å²) < 4.78 is 0. The maximum Gasteiger partial charge on any atom is 0.0561 e. The zero-order valence-corrected chi connectivity index (χ0v) is 13.2. The Labute approximate surface area is 128 Å². The van der Waals surface area contributed by atoms with Crippen molar-refractivity contribution in [2.75, 3.05) is 6.54 Å². The van der Waals surface area contributed by atoms with Gasteiger partial charge in [-0.1, -0.05) is 42.3 Å². The molecular weight excluding hydrogens is 297 g/mol. The van der Waals surface area contributed by atoms with Crippen LogP contribution in [-0.2, 0) is 6.42 Å². The van der Waals surface area contributed by atoms with Gasteiger partial charge in [0.2, 0.25) is 0 Å². The van der Waals surface area contributed by atoms with E-state index in [0.29, 0.717) is 0 Å². The highest BCUT2D eigenvalue weighted by molar-refractivity contribution is 7.10. The lowest BCUT2D eigenvalue weighted by Crippen LogP contribution is -2.23. The first-order chi connectivity index (χ1) is 9.20. The monoisotopic (exact) mass is 313 g/mol. The van der Waals surface area contributed by atoms with Crippen LogP contribution in [0.5, 0.6) is 0 Å². The predicted molar refractivity (Wildman–Crippen MR) is 85.5 cm³/mol. The van der Waals surface area contributed by atoms with Crippen LogP contribution >= 0.6 is 34.5 Å². The second-order valence-corrected chi connectivity index (χ2v) is 6.26. The summed E-state index contributed by atoms with van der Waals surface area (Å²) in [6, 6.07) is 10.3. The highest BCUT2D eigenvalue weighted by atomic mass is 35.5. The zero-order chi connectivity index (χ0) is 13.7. The van der Waals surface area contributed by atoms with Gasteiger partial charge in [-0.3, -0.25) is 0 Å². The number of halogens is 2. The van der Waals surface area contributed by atoms with Gasteiger partial charge in [0.1, 0.15) is 0 Å². The second-order valence-electron chi connectivity index (χ2n) is 4.47. The van der Waals surface area contributed by atoms with Gasteiger partial charge in [-0.15, -0.1) is 11.3 Å². The summed E-state index contributed by atoms with van der Waals surface area (Å²) in [4.78, 5) is 1.21. The molecule has 1 atom stereocenters. The Kier molecular flexibility index (Phi) is 5.71. The van der Waals surface area contributed by atoms with Crippen molar-refractivity contribution >= 4 is 34.5 Å². The maximum atomic E-state index is 6.25. The molecule has 1 aromatic heterocycles. The van der Waals surface area contributed by atoms with Gasteiger partial charge in [0.05, 0.1) is 5.02 Å². The van der Waals surface area contributed by atoms with Crippen LogP contribution in [0.1, 0.15) is 29.8 Å². The fourth-order valence-corrected chi connectivity index (χ4v) is 3.38. The molecule has 0 spiro atoms. The fourth-order valence-electron chi connectivity index (χ4n) is 1.99. The van der Waals surface area contributed by atoms with Crippen LogP contribution < -0.4 is 5.32 Å². The molecule has 1 unspecified atom stereocenters. The van der Waals surface area contributed by atoms with Crippen molar-refractivity contribution in [1.29, 1.82) is 0 Å². The molecule has 1 heterocycles. The second kappa shape index (κ2) is 7.30. The summed E-state index contributed by atoms with van der Waals surface area (Å²) in [7, 11) is 0. The van der Waals surface area contributed by atoms with Gasteiger partial charge in [-0.05, 0) is 48.5 Å². The van der Waals surface area contributed by atoms with Crippen LogP contribution in [0, 0.1) is 0 Å². The van der Waals surface area contributed by atoms with Crippen molar-refractivity contribution < 1.29 is 0 Å². The Balaban J connectivity index is 2.14. The minimum Gasteiger partial charge on any atom is -0.309 e. The molecule has 0 saturated heterocycles. The quantitative estimate of drug-likeness (QED) is 0.759. The molecular formula is C15H17Cl2NS. The van der Waals surface area contributed by atoms with E-state index in [-0.39, 0.29) is 6.04 Å². The molecule has 4 heteroatoms. The largest absolute Gasteiger partial charge is 0.309 e. The number of hydrogen-bond donors (Lipinski definition) is 1. The van der Waals surface area contributed by atoms with Crippen molar-refractivity contribution in [3.8, 4) is 0 Å². The van der Waals surface area contributed by atoms with E-state index < -0.39 is 0 Å². The van der Waals surface area contributed by atoms with E-state index in [1.807, 2.05) is 23.6 Å². The van der Waals surface area contributed by atoms with Crippen LogP contribution in [0.3, 0.4) is 0 Å². The van der Waals surface area contributed by atoms with Crippen molar-refractivity contribution in [3.63, 3.8) is 0 Å². The number of benzene rings is 1. The molecule has 0 aliphatic heterocycles. The van der Waals surface area contributed by atoms with Crippen LogP contribution in [0.15, 0.2) is 35.7 Å². The van der Waals surface area contributed by atoms with Crippen molar-refractivity contribution in [1.82, 2.24) is 5.32 Å². The first-order valence-electron chi connectivity index (χ1n) is 6.41. The van der Waals surface area contributed by atoms with Crippen LogP contribution in [0.4, 0.5) is 0 Å². The maximum absolute atomic E-state index is 6.25. The molecule has 2 rings (SSSR count). The Morgan fingerprint density at radius 1 is 1.16 bits per heavy atom. The normalized spacial score (nSPS) is 12.6. The Bertz CT molecular complexity index is 507. The molecule has 0 fully saturated rings. The predicted octanol–water partition coefficient (Wildman–Crippen LogP) is 5.34. The van der Waals surface area contributed by atoms with Gasteiger partial charge in [-0.2, -0.15) is 0 Å². The lowest BCUT2D eigenvalue weighted by Gasteiger charge is -2.18. The summed E-state index contributed by atoms with van der Waals surface area (Å²) >= 11 is 13.9. The molecule has 1 aromatic carbocycles. The first-order valence-corrected chi connectivity index (χ1v) is 8.05. The van der Waals surface area contributed by atoms with Gasteiger partial charge >= 0.3 is 0 Å². The molecule has 0 saturated carbocycles. The van der Waals surface area contributed by atoms with E-state index in [4.69, 9.17) is 23.2 Å². The van der Waals surface area contributed by atoms with Crippen LogP contribution in [0.2, 0.25) is 10.0 Å². The molecule has 0 bridgehead atoms. The van der Waals surface area contributed by atoms with Crippen LogP contribution in [0.25, 0.3) is 0 Å². The van der Waals surface area contributed by atoms with Gasteiger partial charge in [-0.25, -0.2) is 0 Å². The number of hydrogen-bond acceptors (Lipinski definition) is 2. The topological polar surface area (TPSA) is 12.0 Å². The Morgan fingerprint density at radius 2 is 1.89 bits per heavy atom. The minimum absolute atomic E-state index is 0.272. The smallest absolute Gasteiger partial charge is 0.0561 e. The van der Waals surface area contributed by atoms with E-state index >= 15 is 0 Å². The minimum atomic E-state index is 0.272. The summed E-state index contributed by atoms with van der Waals surface area (Å²) in [5, 5.41) is 7.24. The number of nitrogens with one attached hydrogen (secondary N) is 1. The van der Waals surface area contributed by atoms with E-state index in [9.17, 15) is 0 Å². The van der Waals surface area contributed by atoms with Crippen molar-refractivity contribution in [2.45, 2.75) is 25.8 Å². The van der Waals surface area contributed by atoms with Crippen molar-refractivity contribution in [2.24, 2.45) is 0 Å². The molecule has 1 N–H and O–H groups in total. The highest BCUT2D eigenvalue weighted by Crippen LogP contribution is 2.31. The summed E-state index contributed by atoms with van der Waals surface area (Å²) in [6.07, 6.45) is 2.04. The number of thiophene rings is 1. The van der Waals surface area contributed by atoms with E-state index in [1.54, 1.807) is 11.3 Å². The lowest BCUT2D eigenvalue weighted by molar-refractivity contribution is 0.537. The molecule has 1 nitrogen and oxygen atoms in total. The molecule has 0 aliphatic carbocycles. The average Bonchev–Trinajstić information content (AvgIpc) is 2.83. The van der Waals surface area contributed by atoms with Gasteiger partial charge in [0, 0.05) is 15.9 Å². The third kappa shape index (κ3) is 4.22. The average molecular weight is 314 g/mol. The number of rotatable bonds is 6. The lowest BCUT2D eigenvalue weighted by atomic mass is 10.0. The van der Waals surface area contributed by atoms with Crippen LogP contribution in [-0.4, -0.2) is 6.54 Å². The van der Waals surface area contributed by atoms with Gasteiger partial charge in [0.15, 0.2) is 0 Å². The fraction of sp³-hybridized carbons (Fsp3) is 0.333. The van der Waals surface area contributed by atoms with Gasteiger partial charge in [0.25, 0.3) is 0 Å². The van der Waals surface area contributed by atoms with Crippen molar-refractivity contribution in [3.05, 3.63) is 56.2 Å². The molecule has 102 valence electrons.